The normalized spacial score (nSPS) is 29.5. The monoisotopic (exact) mass is 386 g/mol. The molecule has 8 heteroatoms. The van der Waals surface area contributed by atoms with Crippen molar-refractivity contribution >= 4 is 23.3 Å². The Morgan fingerprint density at radius 1 is 1.50 bits per heavy atom. The van der Waals surface area contributed by atoms with Crippen LogP contribution in [0.15, 0.2) is 18.2 Å². The summed E-state index contributed by atoms with van der Waals surface area (Å²) in [7, 11) is 0. The predicted octanol–water partition coefficient (Wildman–Crippen LogP) is 0.249. The molecular formula is C20H25N5O3. The van der Waals surface area contributed by atoms with E-state index in [9.17, 15) is 19.6 Å². The number of nitrogens with two attached hydrogens (primary N) is 2. The number of nitrogens with one attached hydrogen (secondary N) is 1. The second-order valence-electron chi connectivity index (χ2n) is 7.87. The molecular weight excluding hydrogens is 358 g/mol. The standard InChI is InChI=1S/C20H25N5O3/c1-10(2)6-13(22)16(26)17-20(8-15(18(23)27)25(17)3)12-7-11(9-21)4-5-14(12)24-19(20)28/h4-5,7,10,13,15,17H,6,8,22H2,1-3H3,(H2,23,27)(H,24,28)/t13-,15?,17?,20+/m0/s1/i3D3. The molecule has 2 unspecified atom stereocenters. The number of rotatable bonds is 5. The average Bonchev–Trinajstić information content (AvgIpc) is 3.17. The maximum atomic E-state index is 13.6. The number of ketones is 1. The molecule has 5 N–H and O–H groups in total. The van der Waals surface area contributed by atoms with E-state index in [0.29, 0.717) is 11.3 Å². The summed E-state index contributed by atoms with van der Waals surface area (Å²) in [5, 5.41) is 12.0. The SMILES string of the molecule is [2H]C([2H])([2H])N1C(C(N)=O)C[C@]2(C(=O)Nc3ccc(C#N)cc32)C1C(=O)[C@@H](N)CC(C)C. The van der Waals surface area contributed by atoms with Crippen molar-refractivity contribution < 1.29 is 18.5 Å². The van der Waals surface area contributed by atoms with Gasteiger partial charge in [0.05, 0.1) is 29.8 Å². The molecule has 1 saturated heterocycles. The number of carbonyl (C=O) groups is 3. The van der Waals surface area contributed by atoms with Gasteiger partial charge in [0.15, 0.2) is 5.78 Å². The number of hydrogen-bond acceptors (Lipinski definition) is 6. The van der Waals surface area contributed by atoms with E-state index in [4.69, 9.17) is 15.6 Å². The molecule has 0 bridgehead atoms. The summed E-state index contributed by atoms with van der Waals surface area (Å²) in [6.07, 6.45) is -0.0343. The van der Waals surface area contributed by atoms with Gasteiger partial charge in [-0.05, 0) is 49.5 Å². The highest BCUT2D eigenvalue weighted by atomic mass is 16.2. The predicted molar refractivity (Wildman–Crippen MR) is 103 cm³/mol. The molecule has 2 amide bonds. The number of hydrogen-bond donors (Lipinski definition) is 3. The third-order valence-corrected chi connectivity index (χ3v) is 5.57. The molecule has 0 aromatic heterocycles. The molecule has 4 atom stereocenters. The lowest BCUT2D eigenvalue weighted by Crippen LogP contribution is -2.56. The summed E-state index contributed by atoms with van der Waals surface area (Å²) in [6, 6.07) is 2.47. The Balaban J connectivity index is 2.28. The number of primary amides is 1. The Morgan fingerprint density at radius 2 is 2.21 bits per heavy atom. The van der Waals surface area contributed by atoms with E-state index in [-0.39, 0.29) is 24.3 Å². The molecule has 1 fully saturated rings. The molecule has 8 nitrogen and oxygen atoms in total. The van der Waals surface area contributed by atoms with E-state index in [1.807, 2.05) is 19.9 Å². The van der Waals surface area contributed by atoms with Gasteiger partial charge in [-0.3, -0.25) is 19.3 Å². The number of likely N-dealkylation sites (N-methyl/N-ethyl adjacent to an activating group) is 1. The Kier molecular flexibility index (Phi) is 4.06. The maximum Gasteiger partial charge on any atom is 0.237 e. The first kappa shape index (κ1) is 16.2. The van der Waals surface area contributed by atoms with Crippen LogP contribution >= 0.6 is 0 Å². The number of anilines is 1. The lowest BCUT2D eigenvalue weighted by molar-refractivity contribution is -0.132. The van der Waals surface area contributed by atoms with Gasteiger partial charge < -0.3 is 16.8 Å². The van der Waals surface area contributed by atoms with Crippen LogP contribution in [0, 0.1) is 17.2 Å². The van der Waals surface area contributed by atoms with Gasteiger partial charge in [0.1, 0.15) is 5.41 Å². The number of likely N-dealkylation sites (tertiary alicyclic amines) is 1. The molecule has 1 spiro atoms. The molecule has 1 aromatic rings. The summed E-state index contributed by atoms with van der Waals surface area (Å²) >= 11 is 0. The van der Waals surface area contributed by atoms with Crippen molar-refractivity contribution in [3.63, 3.8) is 0 Å². The van der Waals surface area contributed by atoms with Crippen molar-refractivity contribution in [3.8, 4) is 6.07 Å². The molecule has 2 aliphatic rings. The molecule has 28 heavy (non-hydrogen) atoms. The van der Waals surface area contributed by atoms with Gasteiger partial charge in [-0.15, -0.1) is 0 Å². The Bertz CT molecular complexity index is 987. The van der Waals surface area contributed by atoms with Crippen molar-refractivity contribution in [3.05, 3.63) is 29.3 Å². The van der Waals surface area contributed by atoms with Gasteiger partial charge in [0.2, 0.25) is 11.8 Å². The largest absolute Gasteiger partial charge is 0.368 e. The fourth-order valence-electron chi connectivity index (χ4n) is 4.30. The smallest absolute Gasteiger partial charge is 0.237 e. The number of nitriles is 1. The number of benzene rings is 1. The molecule has 1 aromatic carbocycles. The third-order valence-electron chi connectivity index (χ3n) is 5.57. The highest BCUT2D eigenvalue weighted by Gasteiger charge is 2.63. The van der Waals surface area contributed by atoms with E-state index in [2.05, 4.69) is 5.32 Å². The molecule has 3 rings (SSSR count). The van der Waals surface area contributed by atoms with Crippen LogP contribution in [0.4, 0.5) is 5.69 Å². The average molecular weight is 386 g/mol. The number of Topliss-reactive ketones (excluding diaryl/α,β-unsaturated/α-hetero) is 1. The zero-order valence-corrected chi connectivity index (χ0v) is 15.7. The third kappa shape index (κ3) is 2.87. The first-order valence-electron chi connectivity index (χ1n) is 10.6. The number of carbonyl (C=O) groups excluding carboxylic acids is 3. The zero-order chi connectivity index (χ0) is 23.3. The van der Waals surface area contributed by atoms with Crippen LogP contribution in [0.25, 0.3) is 0 Å². The van der Waals surface area contributed by atoms with Crippen molar-refractivity contribution in [1.29, 1.82) is 5.26 Å². The van der Waals surface area contributed by atoms with E-state index in [1.165, 1.54) is 18.2 Å². The fourth-order valence-corrected chi connectivity index (χ4v) is 4.30. The number of nitrogens with zero attached hydrogens (tertiary/aromatic N) is 2. The van der Waals surface area contributed by atoms with Gasteiger partial charge in [-0.2, -0.15) is 5.26 Å². The second-order valence-corrected chi connectivity index (χ2v) is 7.87. The van der Waals surface area contributed by atoms with Gasteiger partial charge in [-0.1, -0.05) is 13.8 Å². The second kappa shape index (κ2) is 7.00. The van der Waals surface area contributed by atoms with E-state index in [0.717, 1.165) is 4.90 Å². The Morgan fingerprint density at radius 3 is 2.79 bits per heavy atom. The van der Waals surface area contributed by atoms with Crippen molar-refractivity contribution in [2.45, 2.75) is 50.2 Å². The van der Waals surface area contributed by atoms with Gasteiger partial charge in [-0.25, -0.2) is 0 Å². The quantitative estimate of drug-likeness (QED) is 0.662. The lowest BCUT2D eigenvalue weighted by Gasteiger charge is -2.33. The van der Waals surface area contributed by atoms with E-state index in [1.54, 1.807) is 0 Å². The molecule has 148 valence electrons. The van der Waals surface area contributed by atoms with Crippen LogP contribution in [-0.2, 0) is 19.8 Å². The van der Waals surface area contributed by atoms with E-state index < -0.39 is 48.1 Å². The molecule has 2 heterocycles. The van der Waals surface area contributed by atoms with Crippen molar-refractivity contribution in [2.24, 2.45) is 17.4 Å². The Labute approximate surface area is 168 Å². The summed E-state index contributed by atoms with van der Waals surface area (Å²) in [5.41, 5.74) is 10.8. The minimum Gasteiger partial charge on any atom is -0.368 e. The first-order chi connectivity index (χ1) is 14.3. The van der Waals surface area contributed by atoms with Gasteiger partial charge >= 0.3 is 0 Å². The van der Waals surface area contributed by atoms with Crippen LogP contribution in [0.2, 0.25) is 0 Å². The molecule has 0 radical (unpaired) electrons. The van der Waals surface area contributed by atoms with Gasteiger partial charge in [0, 0.05) is 9.80 Å². The van der Waals surface area contributed by atoms with Crippen molar-refractivity contribution in [1.82, 2.24) is 4.90 Å². The molecule has 0 saturated carbocycles. The summed E-state index contributed by atoms with van der Waals surface area (Å²) in [5.74, 6) is -2.19. The van der Waals surface area contributed by atoms with Crippen LogP contribution in [-0.4, -0.2) is 47.6 Å². The topological polar surface area (TPSA) is 142 Å². The Hall–Kier alpha value is -2.76. The number of fused-ring (bicyclic) bond motifs is 2. The highest BCUT2D eigenvalue weighted by molar-refractivity contribution is 6.12. The minimum absolute atomic E-state index is 0.0411. The van der Waals surface area contributed by atoms with Crippen molar-refractivity contribution in [2.75, 3.05) is 12.3 Å². The van der Waals surface area contributed by atoms with Crippen LogP contribution in [0.5, 0.6) is 0 Å². The number of amides is 2. The molecule has 0 aliphatic carbocycles. The van der Waals surface area contributed by atoms with Crippen LogP contribution in [0.3, 0.4) is 0 Å². The van der Waals surface area contributed by atoms with Crippen LogP contribution < -0.4 is 16.8 Å². The summed E-state index contributed by atoms with van der Waals surface area (Å²) in [6.45, 7) is 0.834. The fraction of sp³-hybridized carbons (Fsp3) is 0.500. The first-order valence-corrected chi connectivity index (χ1v) is 9.07. The van der Waals surface area contributed by atoms with Gasteiger partial charge in [0.25, 0.3) is 0 Å². The summed E-state index contributed by atoms with van der Waals surface area (Å²) < 4.78 is 24.0. The minimum atomic E-state index is -2.89. The highest BCUT2D eigenvalue weighted by Crippen LogP contribution is 2.50. The van der Waals surface area contributed by atoms with Crippen LogP contribution in [0.1, 0.15) is 41.9 Å². The maximum absolute atomic E-state index is 13.6. The zero-order valence-electron chi connectivity index (χ0n) is 18.7. The summed E-state index contributed by atoms with van der Waals surface area (Å²) in [4.78, 5) is 39.9. The van der Waals surface area contributed by atoms with E-state index >= 15 is 0 Å². The molecule has 2 aliphatic heterocycles. The lowest BCUT2D eigenvalue weighted by atomic mass is 9.71.